The van der Waals surface area contributed by atoms with Gasteiger partial charge in [-0.15, -0.1) is 11.3 Å². The van der Waals surface area contributed by atoms with Gasteiger partial charge in [-0.2, -0.15) is 0 Å². The first-order valence-corrected chi connectivity index (χ1v) is 8.58. The first-order chi connectivity index (χ1) is 12.6. The Labute approximate surface area is 152 Å². The normalized spacial score (nSPS) is 14.2. The number of fused-ring (bicyclic) bond motifs is 1. The summed E-state index contributed by atoms with van der Waals surface area (Å²) < 4.78 is 23.8. The third-order valence-electron chi connectivity index (χ3n) is 3.75. The van der Waals surface area contributed by atoms with Crippen molar-refractivity contribution in [2.75, 3.05) is 0 Å². The molecule has 0 radical (unpaired) electrons. The highest BCUT2D eigenvalue weighted by Gasteiger charge is 2.28. The van der Waals surface area contributed by atoms with E-state index in [0.717, 1.165) is 4.88 Å². The van der Waals surface area contributed by atoms with Crippen molar-refractivity contribution in [3.8, 4) is 11.5 Å². The van der Waals surface area contributed by atoms with Crippen molar-refractivity contribution in [3.05, 3.63) is 87.6 Å². The molecule has 0 bridgehead atoms. The Morgan fingerprint density at radius 1 is 1.12 bits per heavy atom. The van der Waals surface area contributed by atoms with Crippen molar-refractivity contribution in [2.24, 2.45) is 0 Å². The molecule has 0 atom stereocenters. The molecule has 0 amide bonds. The van der Waals surface area contributed by atoms with Crippen molar-refractivity contribution >= 4 is 29.2 Å². The Morgan fingerprint density at radius 2 is 1.92 bits per heavy atom. The highest BCUT2D eigenvalue weighted by Crippen LogP contribution is 2.35. The molecule has 0 unspecified atom stereocenters. The van der Waals surface area contributed by atoms with Gasteiger partial charge < -0.3 is 9.47 Å². The maximum Gasteiger partial charge on any atom is 0.343 e. The van der Waals surface area contributed by atoms with Gasteiger partial charge in [-0.25, -0.2) is 9.18 Å². The molecule has 4 nitrogen and oxygen atoms in total. The Balaban J connectivity index is 1.55. The van der Waals surface area contributed by atoms with Crippen molar-refractivity contribution in [2.45, 2.75) is 0 Å². The van der Waals surface area contributed by atoms with Crippen LogP contribution in [-0.2, 0) is 0 Å². The molecule has 128 valence electrons. The lowest BCUT2D eigenvalue weighted by atomic mass is 10.1. The second-order valence-electron chi connectivity index (χ2n) is 5.51. The van der Waals surface area contributed by atoms with E-state index in [2.05, 4.69) is 0 Å². The predicted octanol–water partition coefficient (Wildman–Crippen LogP) is 4.72. The maximum atomic E-state index is 12.9. The summed E-state index contributed by atoms with van der Waals surface area (Å²) in [5, 5.41) is 1.91. The standard InChI is InChI=1S/C20H11FO4S/c21-13-5-3-12(4-6-13)20(23)24-14-7-8-16-17(10-14)25-18(19(16)22)11-15-2-1-9-26-15/h1-11H. The Morgan fingerprint density at radius 3 is 2.65 bits per heavy atom. The van der Waals surface area contributed by atoms with Crippen LogP contribution in [0.4, 0.5) is 4.39 Å². The molecule has 26 heavy (non-hydrogen) atoms. The summed E-state index contributed by atoms with van der Waals surface area (Å²) in [4.78, 5) is 25.4. The van der Waals surface area contributed by atoms with Gasteiger partial charge in [0.1, 0.15) is 17.3 Å². The summed E-state index contributed by atoms with van der Waals surface area (Å²) in [6.07, 6.45) is 1.68. The van der Waals surface area contributed by atoms with Crippen LogP contribution in [0.15, 0.2) is 65.7 Å². The molecule has 0 saturated carbocycles. The molecule has 0 spiro atoms. The monoisotopic (exact) mass is 366 g/mol. The molecule has 0 aliphatic carbocycles. The molecular weight excluding hydrogens is 355 g/mol. The number of ether oxygens (including phenoxy) is 2. The minimum atomic E-state index is -0.622. The first-order valence-electron chi connectivity index (χ1n) is 7.70. The van der Waals surface area contributed by atoms with Crippen LogP contribution in [0.1, 0.15) is 25.6 Å². The second kappa shape index (κ2) is 6.57. The zero-order chi connectivity index (χ0) is 18.1. The number of benzene rings is 2. The Hall–Kier alpha value is -3.25. The molecule has 6 heteroatoms. The minimum Gasteiger partial charge on any atom is -0.452 e. The van der Waals surface area contributed by atoms with E-state index < -0.39 is 11.8 Å². The fourth-order valence-electron chi connectivity index (χ4n) is 2.49. The average Bonchev–Trinajstić information content (AvgIpc) is 3.24. The largest absolute Gasteiger partial charge is 0.452 e. The fourth-order valence-corrected chi connectivity index (χ4v) is 3.13. The molecule has 4 rings (SSSR count). The third-order valence-corrected chi connectivity index (χ3v) is 4.57. The number of allylic oxidation sites excluding steroid dienone is 1. The van der Waals surface area contributed by atoms with Gasteiger partial charge in [-0.3, -0.25) is 4.79 Å². The van der Waals surface area contributed by atoms with Crippen LogP contribution in [0.5, 0.6) is 11.5 Å². The number of carbonyl (C=O) groups excluding carboxylic acids is 2. The summed E-state index contributed by atoms with van der Waals surface area (Å²) in [6.45, 7) is 0. The van der Waals surface area contributed by atoms with E-state index in [1.807, 2.05) is 17.5 Å². The molecule has 0 fully saturated rings. The van der Waals surface area contributed by atoms with E-state index in [1.165, 1.54) is 47.7 Å². The molecule has 1 aromatic heterocycles. The van der Waals surface area contributed by atoms with Crippen molar-refractivity contribution in [1.82, 2.24) is 0 Å². The molecule has 2 aromatic carbocycles. The molecule has 1 aliphatic heterocycles. The van der Waals surface area contributed by atoms with Crippen molar-refractivity contribution in [1.29, 1.82) is 0 Å². The molecule has 0 N–H and O–H groups in total. The van der Waals surface area contributed by atoms with Crippen LogP contribution in [0, 0.1) is 5.82 Å². The highest BCUT2D eigenvalue weighted by molar-refractivity contribution is 7.10. The van der Waals surface area contributed by atoms with Gasteiger partial charge in [0.05, 0.1) is 11.1 Å². The Kier molecular flexibility index (Phi) is 4.10. The summed E-state index contributed by atoms with van der Waals surface area (Å²) in [5.41, 5.74) is 0.636. The second-order valence-corrected chi connectivity index (χ2v) is 6.49. The number of halogens is 1. The molecule has 2 heterocycles. The number of thiophene rings is 1. The van der Waals surface area contributed by atoms with Crippen molar-refractivity contribution in [3.63, 3.8) is 0 Å². The Bertz CT molecular complexity index is 1020. The number of hydrogen-bond donors (Lipinski definition) is 0. The predicted molar refractivity (Wildman–Crippen MR) is 95.1 cm³/mol. The lowest BCUT2D eigenvalue weighted by Gasteiger charge is -2.05. The van der Waals surface area contributed by atoms with E-state index in [4.69, 9.17) is 9.47 Å². The number of carbonyl (C=O) groups is 2. The van der Waals surface area contributed by atoms with Gasteiger partial charge in [0.15, 0.2) is 5.76 Å². The van der Waals surface area contributed by atoms with Gasteiger partial charge in [0, 0.05) is 17.0 Å². The quantitative estimate of drug-likeness (QED) is 0.382. The highest BCUT2D eigenvalue weighted by atomic mass is 32.1. The number of Topliss-reactive ketones (excluding diaryl/α,β-unsaturated/α-hetero) is 1. The first kappa shape index (κ1) is 16.2. The van der Waals surface area contributed by atoms with E-state index in [9.17, 15) is 14.0 Å². The molecular formula is C20H11FO4S. The number of rotatable bonds is 3. The minimum absolute atomic E-state index is 0.218. The topological polar surface area (TPSA) is 52.6 Å². The molecule has 0 saturated heterocycles. The van der Waals surface area contributed by atoms with Crippen LogP contribution >= 0.6 is 11.3 Å². The van der Waals surface area contributed by atoms with Gasteiger partial charge >= 0.3 is 5.97 Å². The van der Waals surface area contributed by atoms with Crippen LogP contribution in [0.2, 0.25) is 0 Å². The number of hydrogen-bond acceptors (Lipinski definition) is 5. The molecule has 1 aliphatic rings. The SMILES string of the molecule is O=C(Oc1ccc2c(c1)OC(=Cc1cccs1)C2=O)c1ccc(F)cc1. The fraction of sp³-hybridized carbons (Fsp3) is 0. The van der Waals surface area contributed by atoms with Gasteiger partial charge in [0.25, 0.3) is 0 Å². The van der Waals surface area contributed by atoms with E-state index in [0.29, 0.717) is 11.3 Å². The molecule has 3 aromatic rings. The van der Waals surface area contributed by atoms with Gasteiger partial charge in [-0.05, 0) is 47.8 Å². The zero-order valence-electron chi connectivity index (χ0n) is 13.3. The van der Waals surface area contributed by atoms with E-state index in [1.54, 1.807) is 12.1 Å². The van der Waals surface area contributed by atoms with Crippen LogP contribution in [0.25, 0.3) is 6.08 Å². The summed E-state index contributed by atoms with van der Waals surface area (Å²) >= 11 is 1.50. The maximum absolute atomic E-state index is 12.9. The summed E-state index contributed by atoms with van der Waals surface area (Å²) in [6, 6.07) is 13.4. The van der Waals surface area contributed by atoms with E-state index in [-0.39, 0.29) is 22.9 Å². The van der Waals surface area contributed by atoms with Crippen molar-refractivity contribution < 1.29 is 23.5 Å². The van der Waals surface area contributed by atoms with Crippen LogP contribution < -0.4 is 9.47 Å². The zero-order valence-corrected chi connectivity index (χ0v) is 14.1. The van der Waals surface area contributed by atoms with Crippen LogP contribution in [0.3, 0.4) is 0 Å². The summed E-state index contributed by atoms with van der Waals surface area (Å²) in [5.74, 6) is -0.473. The smallest absolute Gasteiger partial charge is 0.343 e. The van der Waals surface area contributed by atoms with Crippen LogP contribution in [-0.4, -0.2) is 11.8 Å². The average molecular weight is 366 g/mol. The van der Waals surface area contributed by atoms with Gasteiger partial charge in [0.2, 0.25) is 5.78 Å². The number of ketones is 1. The van der Waals surface area contributed by atoms with E-state index >= 15 is 0 Å². The van der Waals surface area contributed by atoms with Gasteiger partial charge in [-0.1, -0.05) is 6.07 Å². The lowest BCUT2D eigenvalue weighted by molar-refractivity contribution is 0.0734. The number of esters is 1. The summed E-state index contributed by atoms with van der Waals surface area (Å²) in [7, 11) is 0. The lowest BCUT2D eigenvalue weighted by Crippen LogP contribution is -2.08. The third kappa shape index (κ3) is 3.14.